The van der Waals surface area contributed by atoms with Gasteiger partial charge in [-0.25, -0.2) is 0 Å². The summed E-state index contributed by atoms with van der Waals surface area (Å²) in [5, 5.41) is 3.62. The fraction of sp³-hybridized carbons (Fsp3) is 1.00. The number of hydrogen-bond acceptors (Lipinski definition) is 2. The standard InChI is InChI=1S/C17H34N2/c1-4-9-17(10-11-18-13-17)14-19(12-15(2)3)16-7-5-6-8-16/h15-16,18H,4-14H2,1-3H3. The molecule has 0 aromatic heterocycles. The van der Waals surface area contributed by atoms with Crippen LogP contribution in [0.3, 0.4) is 0 Å². The van der Waals surface area contributed by atoms with Crippen LogP contribution >= 0.6 is 0 Å². The van der Waals surface area contributed by atoms with Crippen LogP contribution in [0.15, 0.2) is 0 Å². The first kappa shape index (κ1) is 15.3. The smallest absolute Gasteiger partial charge is 0.00956 e. The van der Waals surface area contributed by atoms with E-state index >= 15 is 0 Å². The molecule has 0 bridgehead atoms. The highest BCUT2D eigenvalue weighted by atomic mass is 15.2. The number of nitrogens with zero attached hydrogens (tertiary/aromatic N) is 1. The second-order valence-corrected chi connectivity index (χ2v) is 7.44. The molecule has 1 N–H and O–H groups in total. The van der Waals surface area contributed by atoms with E-state index in [1.54, 1.807) is 0 Å². The maximum Gasteiger partial charge on any atom is 0.00956 e. The van der Waals surface area contributed by atoms with Crippen molar-refractivity contribution in [2.24, 2.45) is 11.3 Å². The van der Waals surface area contributed by atoms with Gasteiger partial charge in [0.25, 0.3) is 0 Å². The molecule has 0 radical (unpaired) electrons. The molecule has 0 aromatic carbocycles. The summed E-state index contributed by atoms with van der Waals surface area (Å²) in [5.41, 5.74) is 0.576. The fourth-order valence-electron chi connectivity index (χ4n) is 4.27. The normalized spacial score (nSPS) is 28.9. The minimum absolute atomic E-state index is 0.576. The van der Waals surface area contributed by atoms with Crippen LogP contribution in [0.25, 0.3) is 0 Å². The van der Waals surface area contributed by atoms with Crippen LogP contribution in [-0.2, 0) is 0 Å². The predicted molar refractivity (Wildman–Crippen MR) is 83.5 cm³/mol. The van der Waals surface area contributed by atoms with Gasteiger partial charge in [0.1, 0.15) is 0 Å². The molecule has 1 atom stereocenters. The van der Waals surface area contributed by atoms with Crippen LogP contribution in [0.4, 0.5) is 0 Å². The molecular formula is C17H34N2. The molecule has 1 unspecified atom stereocenters. The maximum absolute atomic E-state index is 3.62. The quantitative estimate of drug-likeness (QED) is 0.756. The summed E-state index contributed by atoms with van der Waals surface area (Å²) in [5.74, 6) is 0.800. The van der Waals surface area contributed by atoms with Gasteiger partial charge >= 0.3 is 0 Å². The van der Waals surface area contributed by atoms with E-state index in [9.17, 15) is 0 Å². The van der Waals surface area contributed by atoms with Crippen LogP contribution in [0.2, 0.25) is 0 Å². The molecule has 0 spiro atoms. The highest BCUT2D eigenvalue weighted by Gasteiger charge is 2.36. The van der Waals surface area contributed by atoms with Crippen molar-refractivity contribution in [3.63, 3.8) is 0 Å². The van der Waals surface area contributed by atoms with Gasteiger partial charge in [0.05, 0.1) is 0 Å². The van der Waals surface area contributed by atoms with Crippen molar-refractivity contribution >= 4 is 0 Å². The lowest BCUT2D eigenvalue weighted by molar-refractivity contribution is 0.100. The maximum atomic E-state index is 3.62. The van der Waals surface area contributed by atoms with Crippen LogP contribution in [0.5, 0.6) is 0 Å². The zero-order chi connectivity index (χ0) is 13.7. The lowest BCUT2D eigenvalue weighted by atomic mass is 9.81. The lowest BCUT2D eigenvalue weighted by Gasteiger charge is -2.39. The lowest BCUT2D eigenvalue weighted by Crippen LogP contribution is -2.45. The van der Waals surface area contributed by atoms with Crippen LogP contribution in [0.1, 0.15) is 65.7 Å². The van der Waals surface area contributed by atoms with Gasteiger partial charge in [-0.1, -0.05) is 40.0 Å². The first-order chi connectivity index (χ1) is 9.15. The molecule has 1 saturated carbocycles. The Morgan fingerprint density at radius 2 is 2.00 bits per heavy atom. The Labute approximate surface area is 120 Å². The van der Waals surface area contributed by atoms with Gasteiger partial charge in [-0.3, -0.25) is 4.90 Å². The van der Waals surface area contributed by atoms with E-state index in [0.717, 1.165) is 12.0 Å². The number of rotatable bonds is 7. The Bertz CT molecular complexity index is 250. The molecule has 2 nitrogen and oxygen atoms in total. The Kier molecular flexibility index (Phi) is 5.70. The molecule has 2 rings (SSSR count). The van der Waals surface area contributed by atoms with Gasteiger partial charge in [0.2, 0.25) is 0 Å². The molecule has 1 saturated heterocycles. The molecule has 0 amide bonds. The van der Waals surface area contributed by atoms with Gasteiger partial charge in [-0.05, 0) is 43.6 Å². The molecule has 2 heteroatoms. The third-order valence-corrected chi connectivity index (χ3v) is 5.09. The van der Waals surface area contributed by atoms with Crippen LogP contribution in [-0.4, -0.2) is 37.1 Å². The van der Waals surface area contributed by atoms with E-state index in [1.165, 1.54) is 71.1 Å². The van der Waals surface area contributed by atoms with Gasteiger partial charge in [-0.2, -0.15) is 0 Å². The molecule has 2 fully saturated rings. The topological polar surface area (TPSA) is 15.3 Å². The molecule has 1 heterocycles. The van der Waals surface area contributed by atoms with Crippen molar-refractivity contribution in [2.75, 3.05) is 26.2 Å². The molecule has 112 valence electrons. The van der Waals surface area contributed by atoms with E-state index < -0.39 is 0 Å². The molecule has 1 aliphatic heterocycles. The summed E-state index contributed by atoms with van der Waals surface area (Å²) in [6.45, 7) is 12.2. The second-order valence-electron chi connectivity index (χ2n) is 7.44. The van der Waals surface area contributed by atoms with E-state index in [4.69, 9.17) is 0 Å². The Balaban J connectivity index is 2.00. The second kappa shape index (κ2) is 7.08. The SMILES string of the molecule is CCCC1(CN(CC(C)C)C2CCCC2)CCNC1. The summed E-state index contributed by atoms with van der Waals surface area (Å²) in [6, 6.07) is 0.886. The Morgan fingerprint density at radius 3 is 2.53 bits per heavy atom. The van der Waals surface area contributed by atoms with Gasteiger partial charge < -0.3 is 5.32 Å². The minimum atomic E-state index is 0.576. The molecule has 0 aromatic rings. The monoisotopic (exact) mass is 266 g/mol. The van der Waals surface area contributed by atoms with Gasteiger partial charge in [-0.15, -0.1) is 0 Å². The Hall–Kier alpha value is -0.0800. The van der Waals surface area contributed by atoms with E-state index in [1.807, 2.05) is 0 Å². The summed E-state index contributed by atoms with van der Waals surface area (Å²) in [4.78, 5) is 2.86. The van der Waals surface area contributed by atoms with Crippen LogP contribution < -0.4 is 5.32 Å². The zero-order valence-corrected chi connectivity index (χ0v) is 13.4. The molecule has 1 aliphatic carbocycles. The van der Waals surface area contributed by atoms with Gasteiger partial charge in [0, 0.05) is 25.7 Å². The van der Waals surface area contributed by atoms with Crippen molar-refractivity contribution in [1.82, 2.24) is 10.2 Å². The van der Waals surface area contributed by atoms with Crippen molar-refractivity contribution in [1.29, 1.82) is 0 Å². The summed E-state index contributed by atoms with van der Waals surface area (Å²) < 4.78 is 0. The van der Waals surface area contributed by atoms with Crippen LogP contribution in [0, 0.1) is 11.3 Å². The predicted octanol–water partition coefficient (Wildman–Crippen LogP) is 3.67. The molecule has 2 aliphatic rings. The molecular weight excluding hydrogens is 232 g/mol. The first-order valence-electron chi connectivity index (χ1n) is 8.60. The largest absolute Gasteiger partial charge is 0.316 e. The molecule has 19 heavy (non-hydrogen) atoms. The highest BCUT2D eigenvalue weighted by Crippen LogP contribution is 2.35. The van der Waals surface area contributed by atoms with Crippen molar-refractivity contribution in [3.8, 4) is 0 Å². The highest BCUT2D eigenvalue weighted by molar-refractivity contribution is 4.92. The fourth-order valence-corrected chi connectivity index (χ4v) is 4.27. The summed E-state index contributed by atoms with van der Waals surface area (Å²) in [7, 11) is 0. The average molecular weight is 266 g/mol. The zero-order valence-electron chi connectivity index (χ0n) is 13.4. The van der Waals surface area contributed by atoms with E-state index in [0.29, 0.717) is 5.41 Å². The minimum Gasteiger partial charge on any atom is -0.316 e. The third kappa shape index (κ3) is 4.19. The summed E-state index contributed by atoms with van der Waals surface area (Å²) in [6.07, 6.45) is 9.94. The first-order valence-corrected chi connectivity index (χ1v) is 8.60. The average Bonchev–Trinajstić information content (AvgIpc) is 2.99. The number of nitrogens with one attached hydrogen (secondary N) is 1. The summed E-state index contributed by atoms with van der Waals surface area (Å²) >= 11 is 0. The number of hydrogen-bond donors (Lipinski definition) is 1. The third-order valence-electron chi connectivity index (χ3n) is 5.09. The van der Waals surface area contributed by atoms with Crippen molar-refractivity contribution < 1.29 is 0 Å². The van der Waals surface area contributed by atoms with Crippen molar-refractivity contribution in [3.05, 3.63) is 0 Å². The van der Waals surface area contributed by atoms with E-state index in [-0.39, 0.29) is 0 Å². The van der Waals surface area contributed by atoms with Crippen molar-refractivity contribution in [2.45, 2.75) is 71.8 Å². The Morgan fingerprint density at radius 1 is 1.26 bits per heavy atom. The van der Waals surface area contributed by atoms with Gasteiger partial charge in [0.15, 0.2) is 0 Å². The van der Waals surface area contributed by atoms with E-state index in [2.05, 4.69) is 31.0 Å².